The van der Waals surface area contributed by atoms with Gasteiger partial charge in [0.1, 0.15) is 5.69 Å². The van der Waals surface area contributed by atoms with E-state index in [0.717, 1.165) is 23.4 Å². The van der Waals surface area contributed by atoms with Crippen LogP contribution in [0.2, 0.25) is 0 Å². The van der Waals surface area contributed by atoms with Crippen LogP contribution in [-0.4, -0.2) is 20.7 Å². The first-order valence-corrected chi connectivity index (χ1v) is 6.53. The average molecular weight is 274 g/mol. The number of nitrogens with zero attached hydrogens (tertiary/aromatic N) is 3. The van der Waals surface area contributed by atoms with Crippen LogP contribution >= 0.6 is 0 Å². The number of nitrogens with one attached hydrogen (secondary N) is 1. The SMILES string of the molecule is Cc1nn(-c2ccncc2F)c(C)c1C1CCC(=O)N1. The van der Waals surface area contributed by atoms with Gasteiger partial charge in [0, 0.05) is 23.9 Å². The lowest BCUT2D eigenvalue weighted by Crippen LogP contribution is -2.19. The molecule has 1 atom stereocenters. The predicted octanol–water partition coefficient (Wildman–Crippen LogP) is 1.97. The zero-order chi connectivity index (χ0) is 14.3. The molecule has 0 saturated carbocycles. The van der Waals surface area contributed by atoms with Gasteiger partial charge in [-0.3, -0.25) is 9.78 Å². The third-order valence-corrected chi connectivity index (χ3v) is 3.67. The summed E-state index contributed by atoms with van der Waals surface area (Å²) in [6.45, 7) is 3.77. The van der Waals surface area contributed by atoms with Gasteiger partial charge in [0.2, 0.25) is 5.91 Å². The summed E-state index contributed by atoms with van der Waals surface area (Å²) in [6.07, 6.45) is 3.98. The number of carbonyl (C=O) groups excluding carboxylic acids is 1. The molecule has 1 unspecified atom stereocenters. The summed E-state index contributed by atoms with van der Waals surface area (Å²) in [6, 6.07) is 1.56. The smallest absolute Gasteiger partial charge is 0.220 e. The van der Waals surface area contributed by atoms with E-state index in [1.54, 1.807) is 10.7 Å². The van der Waals surface area contributed by atoms with Crippen LogP contribution in [-0.2, 0) is 4.79 Å². The standard InChI is InChI=1S/C14H15FN4O/c1-8-14(11-3-4-13(20)17-11)9(2)19(18-8)12-5-6-16-7-10(12)15/h5-7,11H,3-4H2,1-2H3,(H,17,20). The van der Waals surface area contributed by atoms with Crippen molar-refractivity contribution in [2.45, 2.75) is 32.7 Å². The van der Waals surface area contributed by atoms with E-state index in [1.807, 2.05) is 13.8 Å². The lowest BCUT2D eigenvalue weighted by Gasteiger charge is -2.11. The van der Waals surface area contributed by atoms with Crippen molar-refractivity contribution in [3.05, 3.63) is 41.2 Å². The molecule has 0 spiro atoms. The molecular weight excluding hydrogens is 259 g/mol. The third kappa shape index (κ3) is 1.97. The van der Waals surface area contributed by atoms with Gasteiger partial charge in [-0.1, -0.05) is 0 Å². The Morgan fingerprint density at radius 2 is 2.25 bits per heavy atom. The molecule has 0 aromatic carbocycles. The maximum Gasteiger partial charge on any atom is 0.220 e. The van der Waals surface area contributed by atoms with Gasteiger partial charge in [0.05, 0.1) is 17.9 Å². The van der Waals surface area contributed by atoms with Gasteiger partial charge >= 0.3 is 0 Å². The quantitative estimate of drug-likeness (QED) is 0.911. The summed E-state index contributed by atoms with van der Waals surface area (Å²) in [4.78, 5) is 15.1. The number of hydrogen-bond acceptors (Lipinski definition) is 3. The van der Waals surface area contributed by atoms with E-state index >= 15 is 0 Å². The summed E-state index contributed by atoms with van der Waals surface area (Å²) in [7, 11) is 0. The minimum atomic E-state index is -0.417. The van der Waals surface area contributed by atoms with Gasteiger partial charge in [0.15, 0.2) is 5.82 Å². The van der Waals surface area contributed by atoms with Crippen molar-refractivity contribution in [1.82, 2.24) is 20.1 Å². The minimum absolute atomic E-state index is 0.0267. The molecule has 3 heterocycles. The second-order valence-electron chi connectivity index (χ2n) is 4.98. The van der Waals surface area contributed by atoms with Crippen molar-refractivity contribution in [3.8, 4) is 5.69 Å². The van der Waals surface area contributed by atoms with Gasteiger partial charge in [0.25, 0.3) is 0 Å². The fraction of sp³-hybridized carbons (Fsp3) is 0.357. The Kier molecular flexibility index (Phi) is 3.00. The molecule has 1 aliphatic rings. The first-order chi connectivity index (χ1) is 9.58. The van der Waals surface area contributed by atoms with Crippen LogP contribution in [0.4, 0.5) is 4.39 Å². The van der Waals surface area contributed by atoms with Crippen molar-refractivity contribution in [2.24, 2.45) is 0 Å². The summed E-state index contributed by atoms with van der Waals surface area (Å²) >= 11 is 0. The Morgan fingerprint density at radius 3 is 2.90 bits per heavy atom. The van der Waals surface area contributed by atoms with Crippen LogP contribution in [0.1, 0.15) is 35.8 Å². The van der Waals surface area contributed by atoms with Crippen LogP contribution < -0.4 is 5.32 Å². The third-order valence-electron chi connectivity index (χ3n) is 3.67. The molecule has 2 aromatic rings. The van der Waals surface area contributed by atoms with Crippen LogP contribution in [0.15, 0.2) is 18.5 Å². The fourth-order valence-corrected chi connectivity index (χ4v) is 2.76. The molecule has 3 rings (SSSR count). The van der Waals surface area contributed by atoms with Crippen LogP contribution in [0.3, 0.4) is 0 Å². The number of rotatable bonds is 2. The second-order valence-corrected chi connectivity index (χ2v) is 4.98. The molecule has 0 aliphatic carbocycles. The fourth-order valence-electron chi connectivity index (χ4n) is 2.76. The number of carbonyl (C=O) groups is 1. The maximum atomic E-state index is 13.8. The summed E-state index contributed by atoms with van der Waals surface area (Å²) in [5.41, 5.74) is 3.01. The van der Waals surface area contributed by atoms with Gasteiger partial charge in [-0.25, -0.2) is 9.07 Å². The van der Waals surface area contributed by atoms with Crippen LogP contribution in [0.5, 0.6) is 0 Å². The Labute approximate surface area is 115 Å². The Morgan fingerprint density at radius 1 is 1.45 bits per heavy atom. The summed E-state index contributed by atoms with van der Waals surface area (Å²) < 4.78 is 15.4. The molecule has 20 heavy (non-hydrogen) atoms. The highest BCUT2D eigenvalue weighted by atomic mass is 19.1. The molecule has 0 radical (unpaired) electrons. The first-order valence-electron chi connectivity index (χ1n) is 6.53. The minimum Gasteiger partial charge on any atom is -0.349 e. The number of halogens is 1. The van der Waals surface area contributed by atoms with Crippen molar-refractivity contribution >= 4 is 5.91 Å². The molecular formula is C14H15FN4O. The molecule has 1 fully saturated rings. The van der Waals surface area contributed by atoms with Crippen LogP contribution in [0.25, 0.3) is 5.69 Å². The Balaban J connectivity index is 2.07. The lowest BCUT2D eigenvalue weighted by molar-refractivity contribution is -0.119. The highest BCUT2D eigenvalue weighted by molar-refractivity contribution is 5.78. The van der Waals surface area contributed by atoms with E-state index in [4.69, 9.17) is 0 Å². The highest BCUT2D eigenvalue weighted by Crippen LogP contribution is 2.30. The number of pyridine rings is 1. The van der Waals surface area contributed by atoms with E-state index in [0.29, 0.717) is 12.1 Å². The van der Waals surface area contributed by atoms with E-state index in [9.17, 15) is 9.18 Å². The Bertz CT molecular complexity index is 680. The number of hydrogen-bond donors (Lipinski definition) is 1. The average Bonchev–Trinajstić information content (AvgIpc) is 2.94. The largest absolute Gasteiger partial charge is 0.349 e. The van der Waals surface area contributed by atoms with E-state index in [-0.39, 0.29) is 11.9 Å². The zero-order valence-corrected chi connectivity index (χ0v) is 11.4. The summed E-state index contributed by atoms with van der Waals surface area (Å²) in [5, 5.41) is 7.34. The molecule has 0 bridgehead atoms. The first kappa shape index (κ1) is 12.8. The zero-order valence-electron chi connectivity index (χ0n) is 11.4. The lowest BCUT2D eigenvalue weighted by atomic mass is 10.0. The van der Waals surface area contributed by atoms with Crippen molar-refractivity contribution in [2.75, 3.05) is 0 Å². The molecule has 1 N–H and O–H groups in total. The topological polar surface area (TPSA) is 59.8 Å². The van der Waals surface area contributed by atoms with Gasteiger partial charge in [-0.15, -0.1) is 0 Å². The van der Waals surface area contributed by atoms with E-state index in [2.05, 4.69) is 15.4 Å². The number of aryl methyl sites for hydroxylation is 1. The number of aromatic nitrogens is 3. The molecule has 104 valence electrons. The molecule has 2 aromatic heterocycles. The number of amides is 1. The molecule has 1 aliphatic heterocycles. The van der Waals surface area contributed by atoms with Crippen molar-refractivity contribution in [3.63, 3.8) is 0 Å². The maximum absolute atomic E-state index is 13.8. The van der Waals surface area contributed by atoms with Crippen molar-refractivity contribution in [1.29, 1.82) is 0 Å². The van der Waals surface area contributed by atoms with Gasteiger partial charge in [-0.05, 0) is 26.3 Å². The molecule has 1 saturated heterocycles. The molecule has 5 nitrogen and oxygen atoms in total. The van der Waals surface area contributed by atoms with E-state index < -0.39 is 5.82 Å². The normalized spacial score (nSPS) is 18.4. The summed E-state index contributed by atoms with van der Waals surface area (Å²) in [5.74, 6) is -0.364. The molecule has 1 amide bonds. The van der Waals surface area contributed by atoms with Gasteiger partial charge in [-0.2, -0.15) is 5.10 Å². The Hall–Kier alpha value is -2.24. The second kappa shape index (κ2) is 4.70. The van der Waals surface area contributed by atoms with Crippen LogP contribution in [0, 0.1) is 19.7 Å². The van der Waals surface area contributed by atoms with Crippen molar-refractivity contribution < 1.29 is 9.18 Å². The highest BCUT2D eigenvalue weighted by Gasteiger charge is 2.28. The predicted molar refractivity (Wildman–Crippen MR) is 70.9 cm³/mol. The van der Waals surface area contributed by atoms with E-state index in [1.165, 1.54) is 12.4 Å². The monoisotopic (exact) mass is 274 g/mol. The molecule has 6 heteroatoms. The van der Waals surface area contributed by atoms with Gasteiger partial charge < -0.3 is 5.32 Å².